The molecular weight excluding hydrogens is 300 g/mol. The lowest BCUT2D eigenvalue weighted by atomic mass is 10.0. The summed E-state index contributed by atoms with van der Waals surface area (Å²) in [7, 11) is 0. The average molecular weight is 317 g/mol. The van der Waals surface area contributed by atoms with Gasteiger partial charge in [0.2, 0.25) is 0 Å². The van der Waals surface area contributed by atoms with Crippen LogP contribution in [0.5, 0.6) is 0 Å². The number of hydrogen-bond acceptors (Lipinski definition) is 2. The normalized spacial score (nSPS) is 19.4. The third-order valence-electron chi connectivity index (χ3n) is 3.59. The lowest BCUT2D eigenvalue weighted by Gasteiger charge is -2.38. The molecular formula is C16H17BrN2. The molecule has 0 bridgehead atoms. The number of benzene rings is 2. The van der Waals surface area contributed by atoms with E-state index in [4.69, 9.17) is 0 Å². The summed E-state index contributed by atoms with van der Waals surface area (Å²) in [6.07, 6.45) is 0. The SMILES string of the molecule is Brc1ccc(N2CCNCC2c2ccccc2)cc1. The van der Waals surface area contributed by atoms with Crippen LogP contribution < -0.4 is 10.2 Å². The maximum absolute atomic E-state index is 3.50. The average Bonchev–Trinajstić information content (AvgIpc) is 2.49. The van der Waals surface area contributed by atoms with E-state index in [1.54, 1.807) is 0 Å². The van der Waals surface area contributed by atoms with Gasteiger partial charge in [0.1, 0.15) is 0 Å². The van der Waals surface area contributed by atoms with Gasteiger partial charge in [0, 0.05) is 29.8 Å². The van der Waals surface area contributed by atoms with E-state index in [2.05, 4.69) is 80.7 Å². The van der Waals surface area contributed by atoms with Crippen molar-refractivity contribution in [2.24, 2.45) is 0 Å². The highest BCUT2D eigenvalue weighted by molar-refractivity contribution is 9.10. The zero-order valence-electron chi connectivity index (χ0n) is 10.7. The Morgan fingerprint density at radius 3 is 2.47 bits per heavy atom. The molecule has 1 aliphatic heterocycles. The summed E-state index contributed by atoms with van der Waals surface area (Å²) in [6, 6.07) is 19.7. The van der Waals surface area contributed by atoms with E-state index in [0.29, 0.717) is 6.04 Å². The monoisotopic (exact) mass is 316 g/mol. The van der Waals surface area contributed by atoms with Crippen molar-refractivity contribution in [1.82, 2.24) is 5.32 Å². The molecule has 2 nitrogen and oxygen atoms in total. The van der Waals surface area contributed by atoms with Crippen molar-refractivity contribution in [2.75, 3.05) is 24.5 Å². The number of nitrogens with zero attached hydrogens (tertiary/aromatic N) is 1. The Morgan fingerprint density at radius 2 is 1.74 bits per heavy atom. The van der Waals surface area contributed by atoms with Crippen LogP contribution in [0, 0.1) is 0 Å². The van der Waals surface area contributed by atoms with Gasteiger partial charge in [-0.3, -0.25) is 0 Å². The molecule has 1 N–H and O–H groups in total. The molecule has 3 heteroatoms. The summed E-state index contributed by atoms with van der Waals surface area (Å²) < 4.78 is 1.13. The molecule has 1 heterocycles. The molecule has 0 spiro atoms. The van der Waals surface area contributed by atoms with E-state index in [1.165, 1.54) is 11.3 Å². The van der Waals surface area contributed by atoms with Gasteiger partial charge < -0.3 is 10.2 Å². The summed E-state index contributed by atoms with van der Waals surface area (Å²) in [4.78, 5) is 2.48. The first-order valence-electron chi connectivity index (χ1n) is 6.62. The molecule has 19 heavy (non-hydrogen) atoms. The van der Waals surface area contributed by atoms with E-state index < -0.39 is 0 Å². The number of nitrogens with one attached hydrogen (secondary N) is 1. The number of rotatable bonds is 2. The molecule has 0 amide bonds. The van der Waals surface area contributed by atoms with Crippen LogP contribution in [0.2, 0.25) is 0 Å². The summed E-state index contributed by atoms with van der Waals surface area (Å²) in [5.74, 6) is 0. The van der Waals surface area contributed by atoms with Gasteiger partial charge in [-0.25, -0.2) is 0 Å². The largest absolute Gasteiger partial charge is 0.362 e. The summed E-state index contributed by atoms with van der Waals surface area (Å²) in [5, 5.41) is 3.49. The molecule has 0 aromatic heterocycles. The third-order valence-corrected chi connectivity index (χ3v) is 4.11. The molecule has 0 aliphatic carbocycles. The van der Waals surface area contributed by atoms with Crippen LogP contribution in [0.15, 0.2) is 59.1 Å². The second-order valence-electron chi connectivity index (χ2n) is 4.80. The van der Waals surface area contributed by atoms with Crippen LogP contribution in [0.25, 0.3) is 0 Å². The van der Waals surface area contributed by atoms with E-state index in [0.717, 1.165) is 24.1 Å². The summed E-state index contributed by atoms with van der Waals surface area (Å²) in [5.41, 5.74) is 2.66. The summed E-state index contributed by atoms with van der Waals surface area (Å²) >= 11 is 3.50. The van der Waals surface area contributed by atoms with Gasteiger partial charge in [0.15, 0.2) is 0 Å². The van der Waals surface area contributed by atoms with Gasteiger partial charge in [-0.15, -0.1) is 0 Å². The predicted molar refractivity (Wildman–Crippen MR) is 83.5 cm³/mol. The number of anilines is 1. The Balaban J connectivity index is 1.91. The van der Waals surface area contributed by atoms with Gasteiger partial charge in [0.25, 0.3) is 0 Å². The first-order valence-corrected chi connectivity index (χ1v) is 7.42. The first kappa shape index (κ1) is 12.7. The Kier molecular flexibility index (Phi) is 3.85. The van der Waals surface area contributed by atoms with Crippen molar-refractivity contribution in [3.05, 3.63) is 64.6 Å². The summed E-state index contributed by atoms with van der Waals surface area (Å²) in [6.45, 7) is 3.08. The molecule has 1 aliphatic rings. The van der Waals surface area contributed by atoms with Gasteiger partial charge in [-0.1, -0.05) is 46.3 Å². The van der Waals surface area contributed by atoms with Crippen molar-refractivity contribution >= 4 is 21.6 Å². The quantitative estimate of drug-likeness (QED) is 0.910. The fraction of sp³-hybridized carbons (Fsp3) is 0.250. The Labute approximate surface area is 122 Å². The van der Waals surface area contributed by atoms with Crippen molar-refractivity contribution in [2.45, 2.75) is 6.04 Å². The number of hydrogen-bond donors (Lipinski definition) is 1. The first-order chi connectivity index (χ1) is 9.34. The highest BCUT2D eigenvalue weighted by atomic mass is 79.9. The molecule has 3 rings (SSSR count). The molecule has 1 saturated heterocycles. The van der Waals surface area contributed by atoms with Crippen LogP contribution in [-0.2, 0) is 0 Å². The molecule has 1 atom stereocenters. The lowest BCUT2D eigenvalue weighted by molar-refractivity contribution is 0.490. The second-order valence-corrected chi connectivity index (χ2v) is 5.72. The van der Waals surface area contributed by atoms with Gasteiger partial charge in [-0.05, 0) is 29.8 Å². The van der Waals surface area contributed by atoms with Crippen LogP contribution in [0.4, 0.5) is 5.69 Å². The van der Waals surface area contributed by atoms with Gasteiger partial charge in [0.05, 0.1) is 6.04 Å². The standard InChI is InChI=1S/C16H17BrN2/c17-14-6-8-15(9-7-14)19-11-10-18-12-16(19)13-4-2-1-3-5-13/h1-9,16,18H,10-12H2. The van der Waals surface area contributed by atoms with E-state index >= 15 is 0 Å². The smallest absolute Gasteiger partial charge is 0.0667 e. The number of halogens is 1. The highest BCUT2D eigenvalue weighted by Crippen LogP contribution is 2.29. The minimum atomic E-state index is 0.413. The Hall–Kier alpha value is -1.32. The van der Waals surface area contributed by atoms with E-state index in [1.807, 2.05) is 0 Å². The molecule has 2 aromatic carbocycles. The van der Waals surface area contributed by atoms with Gasteiger partial charge in [-0.2, -0.15) is 0 Å². The molecule has 1 fully saturated rings. The molecule has 0 saturated carbocycles. The molecule has 1 unspecified atom stereocenters. The van der Waals surface area contributed by atoms with Crippen molar-refractivity contribution in [1.29, 1.82) is 0 Å². The predicted octanol–water partition coefficient (Wildman–Crippen LogP) is 3.60. The zero-order valence-corrected chi connectivity index (χ0v) is 12.3. The van der Waals surface area contributed by atoms with Crippen LogP contribution in [0.3, 0.4) is 0 Å². The Bertz CT molecular complexity index is 524. The van der Waals surface area contributed by atoms with Gasteiger partial charge >= 0.3 is 0 Å². The minimum absolute atomic E-state index is 0.413. The Morgan fingerprint density at radius 1 is 1.00 bits per heavy atom. The van der Waals surface area contributed by atoms with Crippen molar-refractivity contribution in [3.8, 4) is 0 Å². The van der Waals surface area contributed by atoms with Crippen LogP contribution >= 0.6 is 15.9 Å². The van der Waals surface area contributed by atoms with E-state index in [9.17, 15) is 0 Å². The number of piperazine rings is 1. The fourth-order valence-corrected chi connectivity index (χ4v) is 2.88. The molecule has 98 valence electrons. The highest BCUT2D eigenvalue weighted by Gasteiger charge is 2.23. The second kappa shape index (κ2) is 5.76. The molecule has 2 aromatic rings. The van der Waals surface area contributed by atoms with Crippen molar-refractivity contribution < 1.29 is 0 Å². The van der Waals surface area contributed by atoms with E-state index in [-0.39, 0.29) is 0 Å². The topological polar surface area (TPSA) is 15.3 Å². The maximum atomic E-state index is 3.50. The fourth-order valence-electron chi connectivity index (χ4n) is 2.62. The van der Waals surface area contributed by atoms with Crippen molar-refractivity contribution in [3.63, 3.8) is 0 Å². The molecule has 0 radical (unpaired) electrons. The van der Waals surface area contributed by atoms with Crippen LogP contribution in [-0.4, -0.2) is 19.6 Å². The zero-order chi connectivity index (χ0) is 13.1. The lowest BCUT2D eigenvalue weighted by Crippen LogP contribution is -2.46. The third kappa shape index (κ3) is 2.82. The van der Waals surface area contributed by atoms with Crippen LogP contribution in [0.1, 0.15) is 11.6 Å². The minimum Gasteiger partial charge on any atom is -0.362 e. The maximum Gasteiger partial charge on any atom is 0.0667 e.